The van der Waals surface area contributed by atoms with E-state index in [0.29, 0.717) is 0 Å². The number of hydrogen-bond donors (Lipinski definition) is 0. The first-order valence-corrected chi connectivity index (χ1v) is 5.47. The zero-order valence-corrected chi connectivity index (χ0v) is 11.6. The topological polar surface area (TPSA) is 52.6 Å². The summed E-state index contributed by atoms with van der Waals surface area (Å²) in [5, 5.41) is 0. The van der Waals surface area contributed by atoms with E-state index in [9.17, 15) is 9.59 Å². The summed E-state index contributed by atoms with van der Waals surface area (Å²) in [4.78, 5) is 22.3. The predicted molar refractivity (Wildman–Crippen MR) is 67.2 cm³/mol. The summed E-state index contributed by atoms with van der Waals surface area (Å²) in [7, 11) is 0. The van der Waals surface area contributed by atoms with Gasteiger partial charge in [0.15, 0.2) is 0 Å². The highest BCUT2D eigenvalue weighted by Crippen LogP contribution is 2.06. The summed E-state index contributed by atoms with van der Waals surface area (Å²) < 4.78 is 9.86. The van der Waals surface area contributed by atoms with Crippen molar-refractivity contribution in [3.8, 4) is 23.7 Å². The average Bonchev–Trinajstić information content (AvgIpc) is 2.06. The SMILES string of the molecule is CC(C)(C)OC(=O)C#CC#CC(=O)OC(C)(C)C. The molecule has 0 rings (SSSR count). The predicted octanol–water partition coefficient (Wildman–Crippen LogP) is 1.68. The maximum Gasteiger partial charge on any atom is 0.385 e. The number of carbonyl (C=O) groups excluding carboxylic acids is 2. The van der Waals surface area contributed by atoms with Crippen LogP contribution >= 0.6 is 0 Å². The molecular weight excluding hydrogens is 232 g/mol. The average molecular weight is 250 g/mol. The second kappa shape index (κ2) is 6.12. The van der Waals surface area contributed by atoms with Crippen molar-refractivity contribution in [3.05, 3.63) is 0 Å². The third-order valence-corrected chi connectivity index (χ3v) is 1.19. The van der Waals surface area contributed by atoms with Gasteiger partial charge in [-0.2, -0.15) is 0 Å². The van der Waals surface area contributed by atoms with E-state index in [2.05, 4.69) is 23.7 Å². The molecule has 4 heteroatoms. The molecule has 0 aliphatic heterocycles. The van der Waals surface area contributed by atoms with Gasteiger partial charge in [-0.15, -0.1) is 0 Å². The van der Waals surface area contributed by atoms with Crippen LogP contribution in [-0.4, -0.2) is 23.1 Å². The van der Waals surface area contributed by atoms with E-state index in [1.807, 2.05) is 0 Å². The first-order valence-electron chi connectivity index (χ1n) is 5.47. The van der Waals surface area contributed by atoms with Gasteiger partial charge >= 0.3 is 11.9 Å². The molecule has 0 atom stereocenters. The fourth-order valence-electron chi connectivity index (χ4n) is 0.772. The van der Waals surface area contributed by atoms with Crippen LogP contribution in [0, 0.1) is 23.7 Å². The maximum atomic E-state index is 11.2. The first kappa shape index (κ1) is 16.1. The van der Waals surface area contributed by atoms with Crippen LogP contribution in [-0.2, 0) is 19.1 Å². The quantitative estimate of drug-likeness (QED) is 0.373. The molecule has 98 valence electrons. The monoisotopic (exact) mass is 250 g/mol. The number of ether oxygens (including phenoxy) is 2. The van der Waals surface area contributed by atoms with Crippen molar-refractivity contribution in [3.63, 3.8) is 0 Å². The van der Waals surface area contributed by atoms with Gasteiger partial charge in [0.25, 0.3) is 0 Å². The Kier molecular flexibility index (Phi) is 5.46. The second-order valence-electron chi connectivity index (χ2n) is 5.50. The van der Waals surface area contributed by atoms with Crippen LogP contribution in [0.3, 0.4) is 0 Å². The van der Waals surface area contributed by atoms with Gasteiger partial charge in [0.1, 0.15) is 11.2 Å². The van der Waals surface area contributed by atoms with Crippen LogP contribution in [0.15, 0.2) is 0 Å². The highest BCUT2D eigenvalue weighted by molar-refractivity contribution is 5.91. The van der Waals surface area contributed by atoms with Gasteiger partial charge in [-0.05, 0) is 53.4 Å². The summed E-state index contributed by atoms with van der Waals surface area (Å²) in [6.07, 6.45) is 0. The molecule has 0 heterocycles. The van der Waals surface area contributed by atoms with E-state index in [4.69, 9.17) is 9.47 Å². The van der Waals surface area contributed by atoms with Crippen LogP contribution < -0.4 is 0 Å². The number of hydrogen-bond acceptors (Lipinski definition) is 4. The molecule has 0 fully saturated rings. The molecule has 0 radical (unpaired) electrons. The number of rotatable bonds is 0. The minimum atomic E-state index is -0.680. The largest absolute Gasteiger partial charge is 0.450 e. The van der Waals surface area contributed by atoms with Crippen LogP contribution in [0.1, 0.15) is 41.5 Å². The third-order valence-electron chi connectivity index (χ3n) is 1.19. The Morgan fingerprint density at radius 1 is 0.722 bits per heavy atom. The number of esters is 2. The second-order valence-corrected chi connectivity index (χ2v) is 5.50. The molecule has 0 aliphatic rings. The molecule has 4 nitrogen and oxygen atoms in total. The van der Waals surface area contributed by atoms with Crippen molar-refractivity contribution in [2.24, 2.45) is 0 Å². The van der Waals surface area contributed by atoms with Gasteiger partial charge in [0, 0.05) is 11.8 Å². The highest BCUT2D eigenvalue weighted by Gasteiger charge is 2.14. The zero-order chi connectivity index (χ0) is 14.4. The van der Waals surface area contributed by atoms with Crippen LogP contribution in [0.25, 0.3) is 0 Å². The van der Waals surface area contributed by atoms with Gasteiger partial charge < -0.3 is 9.47 Å². The van der Waals surface area contributed by atoms with Crippen LogP contribution in [0.4, 0.5) is 0 Å². The molecular formula is C14H18O4. The lowest BCUT2D eigenvalue weighted by Gasteiger charge is -2.16. The Balaban J connectivity index is 4.36. The Morgan fingerprint density at radius 3 is 1.22 bits per heavy atom. The summed E-state index contributed by atoms with van der Waals surface area (Å²) in [6, 6.07) is 0. The van der Waals surface area contributed by atoms with Gasteiger partial charge in [-0.1, -0.05) is 0 Å². The molecule has 0 aromatic carbocycles. The molecule has 0 unspecified atom stereocenters. The first-order chi connectivity index (χ1) is 7.99. The molecule has 0 saturated carbocycles. The Labute approximate surface area is 108 Å². The van der Waals surface area contributed by atoms with Gasteiger partial charge in [0.05, 0.1) is 0 Å². The van der Waals surface area contributed by atoms with Crippen molar-refractivity contribution in [2.45, 2.75) is 52.7 Å². The molecule has 0 N–H and O–H groups in total. The van der Waals surface area contributed by atoms with Crippen LogP contribution in [0.2, 0.25) is 0 Å². The Bertz CT molecular complexity index is 395. The smallest absolute Gasteiger partial charge is 0.385 e. The molecule has 0 aliphatic carbocycles. The lowest BCUT2D eigenvalue weighted by Crippen LogP contribution is -2.23. The molecule has 0 saturated heterocycles. The van der Waals surface area contributed by atoms with Gasteiger partial charge in [-0.3, -0.25) is 0 Å². The maximum absolute atomic E-state index is 11.2. The van der Waals surface area contributed by atoms with E-state index in [0.717, 1.165) is 0 Å². The molecule has 0 aromatic rings. The minimum Gasteiger partial charge on any atom is -0.450 e. The molecule has 0 aromatic heterocycles. The van der Waals surface area contributed by atoms with E-state index < -0.39 is 23.1 Å². The normalized spacial score (nSPS) is 10.3. The Hall–Kier alpha value is -1.94. The summed E-state index contributed by atoms with van der Waals surface area (Å²) in [5.74, 6) is 7.45. The van der Waals surface area contributed by atoms with Crippen molar-refractivity contribution in [2.75, 3.05) is 0 Å². The fraction of sp³-hybridized carbons (Fsp3) is 0.571. The van der Waals surface area contributed by atoms with Crippen molar-refractivity contribution in [1.82, 2.24) is 0 Å². The van der Waals surface area contributed by atoms with Crippen molar-refractivity contribution < 1.29 is 19.1 Å². The van der Waals surface area contributed by atoms with E-state index in [-0.39, 0.29) is 0 Å². The molecule has 0 spiro atoms. The molecule has 18 heavy (non-hydrogen) atoms. The summed E-state index contributed by atoms with van der Waals surface area (Å²) in [5.41, 5.74) is -1.19. The Morgan fingerprint density at radius 2 is 1.00 bits per heavy atom. The highest BCUT2D eigenvalue weighted by atomic mass is 16.6. The van der Waals surface area contributed by atoms with Gasteiger partial charge in [0.2, 0.25) is 0 Å². The van der Waals surface area contributed by atoms with Crippen molar-refractivity contribution >= 4 is 11.9 Å². The fourth-order valence-corrected chi connectivity index (χ4v) is 0.772. The lowest BCUT2D eigenvalue weighted by molar-refractivity contribution is -0.148. The summed E-state index contributed by atoms with van der Waals surface area (Å²) >= 11 is 0. The lowest BCUT2D eigenvalue weighted by atomic mass is 10.2. The zero-order valence-electron chi connectivity index (χ0n) is 11.6. The van der Waals surface area contributed by atoms with E-state index >= 15 is 0 Å². The molecule has 0 bridgehead atoms. The minimum absolute atomic E-state index is 0.593. The molecule has 0 amide bonds. The summed E-state index contributed by atoms with van der Waals surface area (Å²) in [6.45, 7) is 10.4. The van der Waals surface area contributed by atoms with E-state index in [1.54, 1.807) is 41.5 Å². The van der Waals surface area contributed by atoms with Crippen LogP contribution in [0.5, 0.6) is 0 Å². The van der Waals surface area contributed by atoms with E-state index in [1.165, 1.54) is 0 Å². The van der Waals surface area contributed by atoms with Crippen molar-refractivity contribution in [1.29, 1.82) is 0 Å². The van der Waals surface area contributed by atoms with Gasteiger partial charge in [-0.25, -0.2) is 9.59 Å². The standard InChI is InChI=1S/C14H18O4/c1-13(2,3)17-11(15)9-7-8-10-12(16)18-14(4,5)6/h1-6H3. The number of carbonyl (C=O) groups is 2. The third kappa shape index (κ3) is 10.6.